The van der Waals surface area contributed by atoms with Crippen LogP contribution in [-0.4, -0.2) is 24.8 Å². The molecule has 1 heterocycles. The third-order valence-electron chi connectivity index (χ3n) is 3.56. The number of nitrogens with two attached hydrogens (primary N) is 1. The van der Waals surface area contributed by atoms with Crippen molar-refractivity contribution in [3.8, 4) is 0 Å². The molecule has 4 N–H and O–H groups in total. The molecular formula is C15H23N3O2. The smallest absolute Gasteiger partial charge is 0.316 e. The average molecular weight is 277 g/mol. The maximum atomic E-state index is 10.9. The molecule has 0 bridgehead atoms. The molecule has 1 fully saturated rings. The molecule has 0 radical (unpaired) electrons. The van der Waals surface area contributed by atoms with Gasteiger partial charge in [-0.05, 0) is 37.0 Å². The molecule has 1 aliphatic heterocycles. The van der Waals surface area contributed by atoms with Gasteiger partial charge in [-0.25, -0.2) is 4.79 Å². The summed E-state index contributed by atoms with van der Waals surface area (Å²) in [5.41, 5.74) is 6.82. The number of amides is 2. The Kier molecular flexibility index (Phi) is 4.84. The fraction of sp³-hybridized carbons (Fsp3) is 0.533. The van der Waals surface area contributed by atoms with E-state index < -0.39 is 6.03 Å². The van der Waals surface area contributed by atoms with Gasteiger partial charge in [0.2, 0.25) is 0 Å². The van der Waals surface area contributed by atoms with Crippen LogP contribution in [0.3, 0.4) is 0 Å². The molecule has 5 nitrogen and oxygen atoms in total. The van der Waals surface area contributed by atoms with Crippen molar-refractivity contribution >= 4 is 17.4 Å². The van der Waals surface area contributed by atoms with Gasteiger partial charge in [-0.1, -0.05) is 19.9 Å². The van der Waals surface area contributed by atoms with Crippen molar-refractivity contribution in [1.82, 2.24) is 0 Å². The predicted molar refractivity (Wildman–Crippen MR) is 80.9 cm³/mol. The molecule has 1 aromatic rings. The molecule has 2 atom stereocenters. The van der Waals surface area contributed by atoms with Crippen LogP contribution in [0.25, 0.3) is 0 Å². The summed E-state index contributed by atoms with van der Waals surface area (Å²) in [6.45, 7) is 5.16. The number of ether oxygens (including phenoxy) is 1. The lowest BCUT2D eigenvalue weighted by atomic mass is 9.95. The number of rotatable bonds is 4. The van der Waals surface area contributed by atoms with E-state index in [0.29, 0.717) is 23.8 Å². The second kappa shape index (κ2) is 6.61. The monoisotopic (exact) mass is 277 g/mol. The Morgan fingerprint density at radius 3 is 2.85 bits per heavy atom. The number of carbonyl (C=O) groups is 1. The first-order valence-corrected chi connectivity index (χ1v) is 7.09. The largest absolute Gasteiger partial charge is 0.382 e. The minimum Gasteiger partial charge on any atom is -0.382 e. The SMILES string of the molecule is CC(C)C1CC(Nc2cccc(NC(N)=O)c2)CCO1. The number of benzene rings is 1. The van der Waals surface area contributed by atoms with Crippen LogP contribution in [0.15, 0.2) is 24.3 Å². The Hall–Kier alpha value is -1.75. The van der Waals surface area contributed by atoms with Crippen LogP contribution < -0.4 is 16.4 Å². The van der Waals surface area contributed by atoms with Crippen LogP contribution >= 0.6 is 0 Å². The van der Waals surface area contributed by atoms with Crippen molar-refractivity contribution in [1.29, 1.82) is 0 Å². The molecule has 1 aromatic carbocycles. The zero-order valence-corrected chi connectivity index (χ0v) is 12.1. The van der Waals surface area contributed by atoms with Crippen molar-refractivity contribution < 1.29 is 9.53 Å². The van der Waals surface area contributed by atoms with Gasteiger partial charge in [0, 0.05) is 24.0 Å². The molecule has 0 saturated carbocycles. The van der Waals surface area contributed by atoms with E-state index in [4.69, 9.17) is 10.5 Å². The molecule has 20 heavy (non-hydrogen) atoms. The molecule has 2 rings (SSSR count). The van der Waals surface area contributed by atoms with Gasteiger partial charge in [-0.2, -0.15) is 0 Å². The van der Waals surface area contributed by atoms with Gasteiger partial charge >= 0.3 is 6.03 Å². The molecule has 110 valence electrons. The second-order valence-corrected chi connectivity index (χ2v) is 5.59. The highest BCUT2D eigenvalue weighted by Gasteiger charge is 2.24. The van der Waals surface area contributed by atoms with Gasteiger partial charge in [0.1, 0.15) is 0 Å². The topological polar surface area (TPSA) is 76.4 Å². The van der Waals surface area contributed by atoms with Crippen LogP contribution in [0.5, 0.6) is 0 Å². The van der Waals surface area contributed by atoms with Crippen molar-refractivity contribution in [2.75, 3.05) is 17.2 Å². The molecule has 0 aliphatic carbocycles. The van der Waals surface area contributed by atoms with Gasteiger partial charge in [0.25, 0.3) is 0 Å². The van der Waals surface area contributed by atoms with E-state index in [1.807, 2.05) is 24.3 Å². The van der Waals surface area contributed by atoms with E-state index in [9.17, 15) is 4.79 Å². The number of hydrogen-bond acceptors (Lipinski definition) is 3. The lowest BCUT2D eigenvalue weighted by Crippen LogP contribution is -2.36. The van der Waals surface area contributed by atoms with E-state index in [1.165, 1.54) is 0 Å². The molecule has 0 spiro atoms. The van der Waals surface area contributed by atoms with Gasteiger partial charge in [-0.3, -0.25) is 0 Å². The van der Waals surface area contributed by atoms with E-state index in [1.54, 1.807) is 0 Å². The number of carbonyl (C=O) groups excluding carboxylic acids is 1. The van der Waals surface area contributed by atoms with Crippen molar-refractivity contribution in [2.24, 2.45) is 11.7 Å². The van der Waals surface area contributed by atoms with Crippen molar-refractivity contribution in [3.05, 3.63) is 24.3 Å². The maximum Gasteiger partial charge on any atom is 0.316 e. The average Bonchev–Trinajstić information content (AvgIpc) is 2.38. The Labute approximate surface area is 119 Å². The highest BCUT2D eigenvalue weighted by molar-refractivity contribution is 5.88. The molecule has 1 saturated heterocycles. The third-order valence-corrected chi connectivity index (χ3v) is 3.56. The van der Waals surface area contributed by atoms with Crippen LogP contribution in [0.4, 0.5) is 16.2 Å². The fourth-order valence-electron chi connectivity index (χ4n) is 2.49. The third kappa shape index (κ3) is 4.13. The summed E-state index contributed by atoms with van der Waals surface area (Å²) in [5, 5.41) is 6.09. The maximum absolute atomic E-state index is 10.9. The minimum atomic E-state index is -0.548. The standard InChI is InChI=1S/C15H23N3O2/c1-10(2)14-9-13(6-7-20-14)17-11-4-3-5-12(8-11)18-15(16)19/h3-5,8,10,13-14,17H,6-7,9H2,1-2H3,(H3,16,18,19). The van der Waals surface area contributed by atoms with Crippen LogP contribution in [-0.2, 0) is 4.74 Å². The Morgan fingerprint density at radius 2 is 2.15 bits per heavy atom. The zero-order chi connectivity index (χ0) is 14.5. The molecule has 2 amide bonds. The molecule has 0 aromatic heterocycles. The van der Waals surface area contributed by atoms with Gasteiger partial charge < -0.3 is 21.1 Å². The minimum absolute atomic E-state index is 0.313. The Balaban J connectivity index is 1.97. The summed E-state index contributed by atoms with van der Waals surface area (Å²) in [6, 6.07) is 7.45. The second-order valence-electron chi connectivity index (χ2n) is 5.59. The Bertz CT molecular complexity index is 462. The number of hydrogen-bond donors (Lipinski definition) is 3. The first-order chi connectivity index (χ1) is 9.54. The van der Waals surface area contributed by atoms with Crippen molar-refractivity contribution in [3.63, 3.8) is 0 Å². The number of nitrogens with one attached hydrogen (secondary N) is 2. The number of anilines is 2. The molecule has 1 aliphatic rings. The molecule has 2 unspecified atom stereocenters. The lowest BCUT2D eigenvalue weighted by Gasteiger charge is -2.33. The van der Waals surface area contributed by atoms with Crippen LogP contribution in [0, 0.1) is 5.92 Å². The van der Waals surface area contributed by atoms with Crippen LogP contribution in [0.1, 0.15) is 26.7 Å². The van der Waals surface area contributed by atoms with Gasteiger partial charge in [0.05, 0.1) is 6.10 Å². The van der Waals surface area contributed by atoms with Gasteiger partial charge in [-0.15, -0.1) is 0 Å². The Morgan fingerprint density at radius 1 is 1.40 bits per heavy atom. The predicted octanol–water partition coefficient (Wildman–Crippen LogP) is 2.79. The van der Waals surface area contributed by atoms with Crippen molar-refractivity contribution in [2.45, 2.75) is 38.8 Å². The summed E-state index contributed by atoms with van der Waals surface area (Å²) in [4.78, 5) is 10.9. The van der Waals surface area contributed by atoms with E-state index in [-0.39, 0.29) is 0 Å². The van der Waals surface area contributed by atoms with Gasteiger partial charge in [0.15, 0.2) is 0 Å². The van der Waals surface area contributed by atoms with E-state index >= 15 is 0 Å². The quantitative estimate of drug-likeness (QED) is 0.792. The summed E-state index contributed by atoms with van der Waals surface area (Å²) < 4.78 is 5.77. The molecular weight excluding hydrogens is 254 g/mol. The highest BCUT2D eigenvalue weighted by Crippen LogP contribution is 2.24. The summed E-state index contributed by atoms with van der Waals surface area (Å²) in [6.07, 6.45) is 2.31. The molecule has 5 heteroatoms. The fourth-order valence-corrected chi connectivity index (χ4v) is 2.49. The first kappa shape index (κ1) is 14.7. The summed E-state index contributed by atoms with van der Waals surface area (Å²) in [7, 11) is 0. The van der Waals surface area contributed by atoms with Crippen LogP contribution in [0.2, 0.25) is 0 Å². The lowest BCUT2D eigenvalue weighted by molar-refractivity contribution is -0.0160. The summed E-state index contributed by atoms with van der Waals surface area (Å²) in [5.74, 6) is 0.530. The number of urea groups is 1. The van der Waals surface area contributed by atoms with E-state index in [0.717, 1.165) is 25.1 Å². The zero-order valence-electron chi connectivity index (χ0n) is 12.1. The van der Waals surface area contributed by atoms with E-state index in [2.05, 4.69) is 24.5 Å². The normalized spacial score (nSPS) is 22.6. The first-order valence-electron chi connectivity index (χ1n) is 7.09. The number of primary amides is 1. The highest BCUT2D eigenvalue weighted by atomic mass is 16.5. The summed E-state index contributed by atoms with van der Waals surface area (Å²) >= 11 is 0.